The lowest BCUT2D eigenvalue weighted by Gasteiger charge is -2.40. The molecule has 0 radical (unpaired) electrons. The van der Waals surface area contributed by atoms with Crippen molar-refractivity contribution in [3.8, 4) is 0 Å². The van der Waals surface area contributed by atoms with Gasteiger partial charge in [0.1, 0.15) is 22.6 Å². The molecule has 0 bridgehead atoms. The molecule has 15 nitrogen and oxygen atoms in total. The van der Waals surface area contributed by atoms with E-state index in [2.05, 4.69) is 33.2 Å². The number of carboxylic acids is 1. The molecule has 6 atom stereocenters. The van der Waals surface area contributed by atoms with Gasteiger partial charge in [-0.05, 0) is 82.0 Å². The van der Waals surface area contributed by atoms with Crippen LogP contribution in [0.3, 0.4) is 0 Å². The molecule has 4 amide bonds. The van der Waals surface area contributed by atoms with E-state index in [0.717, 1.165) is 56.4 Å². The molecule has 2 aromatic rings. The largest absolute Gasteiger partial charge is 0.481 e. The Bertz CT molecular complexity index is 1820. The number of nitrogens with zero attached hydrogens (tertiary/aromatic N) is 2. The second-order valence-corrected chi connectivity index (χ2v) is 18.4. The first-order valence-electron chi connectivity index (χ1n) is 22.1. The van der Waals surface area contributed by atoms with Crippen molar-refractivity contribution in [3.63, 3.8) is 0 Å². The molecular formula is C45H70FN7O8S. The van der Waals surface area contributed by atoms with Crippen LogP contribution in [0.4, 0.5) is 10.1 Å². The first-order valence-corrected chi connectivity index (χ1v) is 23.0. The summed E-state index contributed by atoms with van der Waals surface area (Å²) in [6, 6.07) is 1.80. The lowest BCUT2D eigenvalue weighted by molar-refractivity contribution is -0.150. The molecule has 17 heteroatoms. The van der Waals surface area contributed by atoms with Crippen molar-refractivity contribution in [1.29, 1.82) is 0 Å². The summed E-state index contributed by atoms with van der Waals surface area (Å²) in [5.74, 6) is -4.18. The summed E-state index contributed by atoms with van der Waals surface area (Å²) in [6.07, 6.45) is 6.26. The maximum Gasteiger partial charge on any atom is 0.309 e. The highest BCUT2D eigenvalue weighted by molar-refractivity contribution is 7.09. The van der Waals surface area contributed by atoms with Crippen molar-refractivity contribution in [3.05, 3.63) is 45.7 Å². The average molecular weight is 888 g/mol. The van der Waals surface area contributed by atoms with E-state index in [9.17, 15) is 38.3 Å². The van der Waals surface area contributed by atoms with Crippen LogP contribution in [-0.2, 0) is 35.1 Å². The number of piperidine rings is 1. The molecule has 0 aliphatic carbocycles. The second-order valence-electron chi connectivity index (χ2n) is 17.5. The summed E-state index contributed by atoms with van der Waals surface area (Å²) in [4.78, 5) is 85.2. The minimum absolute atomic E-state index is 0.00997. The van der Waals surface area contributed by atoms with E-state index >= 15 is 0 Å². The van der Waals surface area contributed by atoms with E-state index in [-0.39, 0.29) is 66.9 Å². The molecule has 346 valence electrons. The first-order chi connectivity index (χ1) is 29.3. The number of benzene rings is 1. The number of nitrogens with one attached hydrogen (secondary N) is 4. The van der Waals surface area contributed by atoms with Crippen LogP contribution in [0.5, 0.6) is 0 Å². The number of carbonyl (C=O) groups is 6. The molecule has 1 fully saturated rings. The zero-order valence-corrected chi connectivity index (χ0v) is 38.6. The lowest BCUT2D eigenvalue weighted by atomic mass is 9.84. The second kappa shape index (κ2) is 25.0. The standard InChI is InChI=1S/C45H70FN7O8S/c1-9-11-12-15-20-53(43(58)39(28(5)10-2)52-40(56)34-16-13-14-19-48-34)36(27(3)4)23-37(61-29(6)54)42-51-35(26-62-42)41(57)49-31(24-45(7,8)44(59)60)21-30-17-18-33(32(46)22-30)50-38(55)25-47/h17-18,22,26-28,31,34,36-37,39,48H,9-16,19-21,23-25,47H2,1-8H3,(H,49,57)(H,50,55)(H,52,56)(H,59,60)/t28-,31-,34+,36+,37+,39-/m0/s1. The van der Waals surface area contributed by atoms with Crippen molar-refractivity contribution in [2.75, 3.05) is 25.0 Å². The van der Waals surface area contributed by atoms with Gasteiger partial charge in [0.15, 0.2) is 6.10 Å². The Kier molecular flexibility index (Phi) is 20.9. The summed E-state index contributed by atoms with van der Waals surface area (Å²) in [5.41, 5.74) is 4.47. The lowest BCUT2D eigenvalue weighted by Crippen LogP contribution is -2.58. The van der Waals surface area contributed by atoms with Gasteiger partial charge in [0.05, 0.1) is 23.7 Å². The third kappa shape index (κ3) is 15.7. The fraction of sp³-hybridized carbons (Fsp3) is 0.667. The summed E-state index contributed by atoms with van der Waals surface area (Å²) in [6.45, 7) is 15.3. The summed E-state index contributed by atoms with van der Waals surface area (Å²) in [5, 5.41) is 23.5. The van der Waals surface area contributed by atoms with Crippen LogP contribution in [0.1, 0.15) is 147 Å². The Morgan fingerprint density at radius 1 is 1.08 bits per heavy atom. The summed E-state index contributed by atoms with van der Waals surface area (Å²) in [7, 11) is 0. The number of hydrogen-bond acceptors (Lipinski definition) is 11. The molecule has 0 spiro atoms. The summed E-state index contributed by atoms with van der Waals surface area (Å²) < 4.78 is 20.9. The van der Waals surface area contributed by atoms with Gasteiger partial charge in [-0.1, -0.05) is 72.8 Å². The van der Waals surface area contributed by atoms with Crippen molar-refractivity contribution in [1.82, 2.24) is 25.8 Å². The van der Waals surface area contributed by atoms with Crippen LogP contribution >= 0.6 is 11.3 Å². The number of anilines is 1. The number of rotatable bonds is 25. The first kappa shape index (κ1) is 51.9. The number of thiazole rings is 1. The molecule has 1 aliphatic rings. The minimum atomic E-state index is -1.27. The highest BCUT2D eigenvalue weighted by Crippen LogP contribution is 2.32. The van der Waals surface area contributed by atoms with Crippen molar-refractivity contribution in [2.45, 2.75) is 156 Å². The third-order valence-corrected chi connectivity index (χ3v) is 12.5. The number of nitrogens with two attached hydrogens (primary N) is 1. The molecule has 3 rings (SSSR count). The van der Waals surface area contributed by atoms with E-state index in [0.29, 0.717) is 30.0 Å². The fourth-order valence-electron chi connectivity index (χ4n) is 7.67. The highest BCUT2D eigenvalue weighted by atomic mass is 32.1. The molecule has 1 aromatic carbocycles. The molecule has 62 heavy (non-hydrogen) atoms. The predicted molar refractivity (Wildman–Crippen MR) is 238 cm³/mol. The van der Waals surface area contributed by atoms with Crippen LogP contribution in [0.25, 0.3) is 0 Å². The van der Waals surface area contributed by atoms with E-state index < -0.39 is 59.2 Å². The molecule has 0 saturated carbocycles. The Morgan fingerprint density at radius 2 is 1.81 bits per heavy atom. The Labute approximate surface area is 370 Å². The SMILES string of the molecule is CCCCCCN(C(=O)[C@@H](NC(=O)[C@H]1CCCCN1)[C@@H](C)CC)[C@H](C[C@@H](OC(C)=O)c1nc(C(=O)N[C@@H](Cc2ccc(NC(=O)CN)c(F)c2)CC(C)(C)C(=O)O)cs1)C(C)C. The predicted octanol–water partition coefficient (Wildman–Crippen LogP) is 6.12. The molecular weight excluding hydrogens is 818 g/mol. The zero-order chi connectivity index (χ0) is 46.1. The van der Waals surface area contributed by atoms with Gasteiger partial charge >= 0.3 is 11.9 Å². The summed E-state index contributed by atoms with van der Waals surface area (Å²) >= 11 is 1.12. The van der Waals surface area contributed by atoms with Crippen molar-refractivity contribution in [2.24, 2.45) is 23.0 Å². The van der Waals surface area contributed by atoms with E-state index in [1.807, 2.05) is 32.6 Å². The molecule has 7 N–H and O–H groups in total. The number of unbranched alkanes of at least 4 members (excludes halogenated alkanes) is 3. The smallest absolute Gasteiger partial charge is 0.309 e. The van der Waals surface area contributed by atoms with E-state index in [1.54, 1.807) is 6.07 Å². The highest BCUT2D eigenvalue weighted by Gasteiger charge is 2.38. The monoisotopic (exact) mass is 887 g/mol. The number of esters is 1. The molecule has 0 unspecified atom stereocenters. The van der Waals surface area contributed by atoms with Gasteiger partial charge in [-0.25, -0.2) is 9.37 Å². The number of aromatic nitrogens is 1. The molecule has 1 aromatic heterocycles. The molecule has 1 aliphatic heterocycles. The van der Waals surface area contributed by atoms with Crippen LogP contribution < -0.4 is 27.0 Å². The maximum atomic E-state index is 15.0. The van der Waals surface area contributed by atoms with Gasteiger partial charge < -0.3 is 41.7 Å². The number of aliphatic carboxylic acids is 1. The van der Waals surface area contributed by atoms with E-state index in [4.69, 9.17) is 10.5 Å². The van der Waals surface area contributed by atoms with Crippen molar-refractivity contribution < 1.29 is 43.0 Å². The van der Waals surface area contributed by atoms with Gasteiger partial charge in [0, 0.05) is 37.4 Å². The number of carboxylic acid groups (broad SMARTS) is 1. The van der Waals surface area contributed by atoms with Gasteiger partial charge in [0.2, 0.25) is 17.7 Å². The number of carbonyl (C=O) groups excluding carboxylic acids is 5. The topological polar surface area (TPSA) is 222 Å². The van der Waals surface area contributed by atoms with E-state index in [1.165, 1.54) is 38.3 Å². The van der Waals surface area contributed by atoms with Crippen molar-refractivity contribution >= 4 is 52.6 Å². The average Bonchev–Trinajstić information content (AvgIpc) is 3.73. The van der Waals surface area contributed by atoms with Crippen LogP contribution in [0.2, 0.25) is 0 Å². The number of ether oxygens (including phenoxy) is 1. The quantitative estimate of drug-likeness (QED) is 0.0492. The number of amides is 4. The molecule has 2 heterocycles. The van der Waals surface area contributed by atoms with Gasteiger partial charge in [0.25, 0.3) is 5.91 Å². The fourth-order valence-corrected chi connectivity index (χ4v) is 8.51. The van der Waals surface area contributed by atoms with Crippen LogP contribution in [0, 0.1) is 23.1 Å². The Morgan fingerprint density at radius 3 is 2.39 bits per heavy atom. The zero-order valence-electron chi connectivity index (χ0n) is 37.8. The Hall–Kier alpha value is -4.48. The van der Waals surface area contributed by atoms with Gasteiger partial charge in [-0.2, -0.15) is 0 Å². The maximum absolute atomic E-state index is 15.0. The number of hydrogen-bond donors (Lipinski definition) is 6. The normalized spacial score (nSPS) is 16.7. The van der Waals surface area contributed by atoms with Crippen LogP contribution in [-0.4, -0.2) is 94.4 Å². The van der Waals surface area contributed by atoms with Crippen LogP contribution in [0.15, 0.2) is 23.6 Å². The van der Waals surface area contributed by atoms with Gasteiger partial charge in [-0.3, -0.25) is 28.8 Å². The third-order valence-electron chi connectivity index (χ3n) is 11.5. The van der Waals surface area contributed by atoms with Gasteiger partial charge in [-0.15, -0.1) is 11.3 Å². The molecule has 1 saturated heterocycles. The number of halogens is 1. The Balaban J connectivity index is 1.94. The minimum Gasteiger partial charge on any atom is -0.481 e.